The monoisotopic (exact) mass is 255 g/mol. The van der Waals surface area contributed by atoms with E-state index in [0.717, 1.165) is 37.1 Å². The lowest BCUT2D eigenvalue weighted by Crippen LogP contribution is -2.26. The van der Waals surface area contributed by atoms with E-state index in [1.165, 1.54) is 0 Å². The highest BCUT2D eigenvalue weighted by atomic mass is 35.5. The molecular weight excluding hydrogens is 238 g/mol. The van der Waals surface area contributed by atoms with Gasteiger partial charge in [0.1, 0.15) is 11.5 Å². The Kier molecular flexibility index (Phi) is 3.79. The van der Waals surface area contributed by atoms with Crippen LogP contribution >= 0.6 is 11.6 Å². The van der Waals surface area contributed by atoms with Crippen LogP contribution in [0, 0.1) is 6.92 Å². The zero-order valence-corrected chi connectivity index (χ0v) is 11.0. The number of piperidine rings is 1. The van der Waals surface area contributed by atoms with Crippen molar-refractivity contribution in [3.8, 4) is 11.5 Å². The van der Waals surface area contributed by atoms with E-state index in [9.17, 15) is 5.11 Å². The third-order valence-electron chi connectivity index (χ3n) is 3.45. The van der Waals surface area contributed by atoms with Crippen LogP contribution in [0.4, 0.5) is 0 Å². The first-order valence-corrected chi connectivity index (χ1v) is 6.29. The van der Waals surface area contributed by atoms with Crippen LogP contribution in [-0.4, -0.2) is 25.3 Å². The van der Waals surface area contributed by atoms with Crippen molar-refractivity contribution in [1.82, 2.24) is 5.32 Å². The Balaban J connectivity index is 2.40. The van der Waals surface area contributed by atoms with Gasteiger partial charge in [-0.05, 0) is 50.4 Å². The first kappa shape index (κ1) is 12.5. The molecule has 0 atom stereocenters. The Morgan fingerprint density at radius 3 is 2.65 bits per heavy atom. The Bertz CT molecular complexity index is 414. The Hall–Kier alpha value is -0.930. The molecule has 0 aliphatic carbocycles. The quantitative estimate of drug-likeness (QED) is 0.854. The zero-order valence-electron chi connectivity index (χ0n) is 10.2. The molecule has 1 saturated heterocycles. The fraction of sp³-hybridized carbons (Fsp3) is 0.538. The molecule has 1 fully saturated rings. The van der Waals surface area contributed by atoms with Crippen LogP contribution in [0.25, 0.3) is 0 Å². The number of methoxy groups -OCH3 is 1. The highest BCUT2D eigenvalue weighted by Gasteiger charge is 2.22. The summed E-state index contributed by atoms with van der Waals surface area (Å²) in [5.74, 6) is 1.29. The summed E-state index contributed by atoms with van der Waals surface area (Å²) in [6, 6.07) is 1.85. The van der Waals surface area contributed by atoms with E-state index in [1.54, 1.807) is 7.11 Å². The summed E-state index contributed by atoms with van der Waals surface area (Å²) in [6.45, 7) is 3.82. The number of benzene rings is 1. The lowest BCUT2D eigenvalue weighted by Gasteiger charge is -2.25. The number of hydrogen-bond acceptors (Lipinski definition) is 3. The summed E-state index contributed by atoms with van der Waals surface area (Å²) < 4.78 is 5.19. The third kappa shape index (κ3) is 2.35. The molecular formula is C13H18ClNO2. The number of aromatic hydroxyl groups is 1. The number of rotatable bonds is 2. The van der Waals surface area contributed by atoms with E-state index in [0.29, 0.717) is 22.4 Å². The maximum atomic E-state index is 10.2. The minimum absolute atomic E-state index is 0.332. The van der Waals surface area contributed by atoms with Crippen molar-refractivity contribution in [2.75, 3.05) is 20.2 Å². The minimum atomic E-state index is 0.332. The Morgan fingerprint density at radius 1 is 1.41 bits per heavy atom. The molecule has 1 aliphatic rings. The van der Waals surface area contributed by atoms with E-state index in [2.05, 4.69) is 5.32 Å². The van der Waals surface area contributed by atoms with Gasteiger partial charge in [-0.25, -0.2) is 0 Å². The molecule has 0 spiro atoms. The number of phenols is 1. The Morgan fingerprint density at radius 2 is 2.06 bits per heavy atom. The molecule has 1 aromatic rings. The van der Waals surface area contributed by atoms with Crippen molar-refractivity contribution in [1.29, 1.82) is 0 Å². The van der Waals surface area contributed by atoms with Crippen molar-refractivity contribution in [2.45, 2.75) is 25.7 Å². The van der Waals surface area contributed by atoms with Crippen LogP contribution in [0.1, 0.15) is 29.9 Å². The molecule has 0 amide bonds. The lowest BCUT2D eigenvalue weighted by molar-refractivity contribution is 0.394. The van der Waals surface area contributed by atoms with E-state index in [-0.39, 0.29) is 0 Å². The summed E-state index contributed by atoms with van der Waals surface area (Å²) in [7, 11) is 1.57. The average Bonchev–Trinajstić information content (AvgIpc) is 2.35. The van der Waals surface area contributed by atoms with E-state index in [4.69, 9.17) is 16.3 Å². The molecule has 2 N–H and O–H groups in total. The Labute approximate surface area is 107 Å². The van der Waals surface area contributed by atoms with E-state index >= 15 is 0 Å². The fourth-order valence-electron chi connectivity index (χ4n) is 2.47. The summed E-state index contributed by atoms with van der Waals surface area (Å²) in [4.78, 5) is 0. The molecule has 94 valence electrons. The van der Waals surface area contributed by atoms with Crippen molar-refractivity contribution in [3.63, 3.8) is 0 Å². The van der Waals surface area contributed by atoms with E-state index in [1.807, 2.05) is 13.0 Å². The fourth-order valence-corrected chi connectivity index (χ4v) is 2.80. The highest BCUT2D eigenvalue weighted by Crippen LogP contribution is 2.42. The normalized spacial score (nSPS) is 17.1. The first-order chi connectivity index (χ1) is 8.15. The highest BCUT2D eigenvalue weighted by molar-refractivity contribution is 6.32. The number of ether oxygens (including phenoxy) is 1. The smallest absolute Gasteiger partial charge is 0.144 e. The molecule has 0 saturated carbocycles. The SMILES string of the molecule is COc1c(Cl)cc(C2CCNCC2)c(O)c1C. The van der Waals surface area contributed by atoms with Gasteiger partial charge in [-0.3, -0.25) is 0 Å². The molecule has 1 aliphatic heterocycles. The number of hydrogen-bond donors (Lipinski definition) is 2. The number of nitrogens with one attached hydrogen (secondary N) is 1. The van der Waals surface area contributed by atoms with Crippen LogP contribution < -0.4 is 10.1 Å². The van der Waals surface area contributed by atoms with E-state index < -0.39 is 0 Å². The summed E-state index contributed by atoms with van der Waals surface area (Å²) in [6.07, 6.45) is 2.07. The molecule has 0 unspecified atom stereocenters. The van der Waals surface area contributed by atoms with Gasteiger partial charge in [0.25, 0.3) is 0 Å². The second-order valence-corrected chi connectivity index (χ2v) is 4.89. The van der Waals surface area contributed by atoms with Gasteiger partial charge in [0, 0.05) is 5.56 Å². The van der Waals surface area contributed by atoms with Gasteiger partial charge >= 0.3 is 0 Å². The number of halogens is 1. The molecule has 2 rings (SSSR count). The maximum absolute atomic E-state index is 10.2. The van der Waals surface area contributed by atoms with Gasteiger partial charge in [-0.15, -0.1) is 0 Å². The lowest BCUT2D eigenvalue weighted by atomic mass is 9.88. The van der Waals surface area contributed by atoms with Gasteiger partial charge in [0.05, 0.1) is 12.1 Å². The predicted octanol–water partition coefficient (Wildman–Crippen LogP) is 2.83. The molecule has 3 nitrogen and oxygen atoms in total. The molecule has 17 heavy (non-hydrogen) atoms. The van der Waals surface area contributed by atoms with Gasteiger partial charge in [0.15, 0.2) is 0 Å². The van der Waals surface area contributed by atoms with Crippen LogP contribution in [0.3, 0.4) is 0 Å². The third-order valence-corrected chi connectivity index (χ3v) is 3.73. The van der Waals surface area contributed by atoms with Gasteiger partial charge in [-0.1, -0.05) is 11.6 Å². The van der Waals surface area contributed by atoms with Crippen LogP contribution in [0.15, 0.2) is 6.07 Å². The first-order valence-electron chi connectivity index (χ1n) is 5.91. The molecule has 0 radical (unpaired) electrons. The molecule has 0 bridgehead atoms. The van der Waals surface area contributed by atoms with Gasteiger partial charge < -0.3 is 15.2 Å². The van der Waals surface area contributed by atoms with Crippen LogP contribution in [-0.2, 0) is 0 Å². The molecule has 1 heterocycles. The second kappa shape index (κ2) is 5.15. The van der Waals surface area contributed by atoms with Crippen molar-refractivity contribution in [2.24, 2.45) is 0 Å². The number of phenolic OH excluding ortho intramolecular Hbond substituents is 1. The summed E-state index contributed by atoms with van der Waals surface area (Å²) in [5.41, 5.74) is 1.68. The van der Waals surface area contributed by atoms with Gasteiger partial charge in [-0.2, -0.15) is 0 Å². The van der Waals surface area contributed by atoms with Gasteiger partial charge in [0.2, 0.25) is 0 Å². The van der Waals surface area contributed by atoms with Crippen LogP contribution in [0.2, 0.25) is 5.02 Å². The molecule has 4 heteroatoms. The summed E-state index contributed by atoms with van der Waals surface area (Å²) in [5, 5.41) is 14.1. The predicted molar refractivity (Wildman–Crippen MR) is 69.3 cm³/mol. The second-order valence-electron chi connectivity index (χ2n) is 4.48. The summed E-state index contributed by atoms with van der Waals surface area (Å²) >= 11 is 6.17. The minimum Gasteiger partial charge on any atom is -0.507 e. The zero-order chi connectivity index (χ0) is 12.4. The van der Waals surface area contributed by atoms with Crippen molar-refractivity contribution < 1.29 is 9.84 Å². The largest absolute Gasteiger partial charge is 0.507 e. The van der Waals surface area contributed by atoms with Crippen LogP contribution in [0.5, 0.6) is 11.5 Å². The standard InChI is InChI=1S/C13H18ClNO2/c1-8-12(16)10(7-11(14)13(8)17-2)9-3-5-15-6-4-9/h7,9,15-16H,3-6H2,1-2H3. The molecule has 0 aromatic heterocycles. The average molecular weight is 256 g/mol. The maximum Gasteiger partial charge on any atom is 0.144 e. The van der Waals surface area contributed by atoms with Crippen molar-refractivity contribution >= 4 is 11.6 Å². The van der Waals surface area contributed by atoms with Crippen molar-refractivity contribution in [3.05, 3.63) is 22.2 Å². The molecule has 1 aromatic carbocycles. The topological polar surface area (TPSA) is 41.5 Å².